The zero-order valence-electron chi connectivity index (χ0n) is 11.3. The summed E-state index contributed by atoms with van der Waals surface area (Å²) in [5.74, 6) is 0.932. The molecule has 1 aliphatic carbocycles. The molecule has 2 aromatic rings. The minimum Gasteiger partial charge on any atom is -0.463 e. The van der Waals surface area contributed by atoms with Crippen molar-refractivity contribution in [2.24, 2.45) is 5.92 Å². The van der Waals surface area contributed by atoms with Gasteiger partial charge in [0.2, 0.25) is 0 Å². The maximum absolute atomic E-state index is 12.4. The van der Waals surface area contributed by atoms with Gasteiger partial charge in [-0.3, -0.25) is 4.79 Å². The summed E-state index contributed by atoms with van der Waals surface area (Å²) in [6, 6.07) is 7.78. The largest absolute Gasteiger partial charge is 0.463 e. The molecule has 106 valence electrons. The molecule has 0 aliphatic heterocycles. The Hall–Kier alpha value is -1.48. The van der Waals surface area contributed by atoms with Crippen molar-refractivity contribution in [3.63, 3.8) is 0 Å². The molecule has 1 heterocycles. The predicted molar refractivity (Wildman–Crippen MR) is 80.1 cm³/mol. The lowest BCUT2D eigenvalue weighted by Crippen LogP contribution is -2.42. The number of hydrogen-bond acceptors (Lipinski definition) is 2. The van der Waals surface area contributed by atoms with Gasteiger partial charge in [0.05, 0.1) is 5.56 Å². The lowest BCUT2D eigenvalue weighted by Gasteiger charge is -2.30. The van der Waals surface area contributed by atoms with Crippen LogP contribution in [0.5, 0.6) is 0 Å². The summed E-state index contributed by atoms with van der Waals surface area (Å²) in [5.41, 5.74) is 1.36. The molecule has 2 unspecified atom stereocenters. The fraction of sp³-hybridized carbons (Fsp3) is 0.438. The molecule has 20 heavy (non-hydrogen) atoms. The van der Waals surface area contributed by atoms with E-state index in [0.29, 0.717) is 17.4 Å². The van der Waals surface area contributed by atoms with Gasteiger partial charge in [0.25, 0.3) is 5.91 Å². The van der Waals surface area contributed by atoms with Crippen molar-refractivity contribution >= 4 is 28.5 Å². The number of alkyl halides is 1. The number of rotatable bonds is 3. The highest BCUT2D eigenvalue weighted by atomic mass is 35.5. The molecule has 0 radical (unpaired) electrons. The molecule has 1 amide bonds. The summed E-state index contributed by atoms with van der Waals surface area (Å²) in [6.07, 6.45) is 6.01. The van der Waals surface area contributed by atoms with E-state index in [1.54, 1.807) is 6.26 Å². The van der Waals surface area contributed by atoms with Crippen LogP contribution in [-0.2, 0) is 0 Å². The van der Waals surface area contributed by atoms with Crippen LogP contribution in [0.25, 0.3) is 11.0 Å². The van der Waals surface area contributed by atoms with Crippen LogP contribution in [0.4, 0.5) is 0 Å². The SMILES string of the molecule is O=C(NC1CCCCC1CCl)c1coc2ccccc12. The minimum atomic E-state index is -0.0584. The molecule has 2 atom stereocenters. The van der Waals surface area contributed by atoms with E-state index in [4.69, 9.17) is 16.0 Å². The summed E-state index contributed by atoms with van der Waals surface area (Å²) in [6.45, 7) is 0. The standard InChI is InChI=1S/C16H18ClNO2/c17-9-11-5-1-3-7-14(11)18-16(19)13-10-20-15-8-4-2-6-12(13)15/h2,4,6,8,10-11,14H,1,3,5,7,9H2,(H,18,19). The second-order valence-corrected chi connectivity index (χ2v) is 5.73. The summed E-state index contributed by atoms with van der Waals surface area (Å²) >= 11 is 6.01. The number of nitrogens with one attached hydrogen (secondary N) is 1. The van der Waals surface area contributed by atoms with Crippen LogP contribution in [0.1, 0.15) is 36.0 Å². The number of halogens is 1. The molecule has 0 spiro atoms. The third-order valence-corrected chi connectivity index (χ3v) is 4.55. The summed E-state index contributed by atoms with van der Waals surface area (Å²) < 4.78 is 5.43. The molecule has 3 rings (SSSR count). The van der Waals surface area contributed by atoms with E-state index in [2.05, 4.69) is 5.32 Å². The van der Waals surface area contributed by atoms with Gasteiger partial charge in [0, 0.05) is 17.3 Å². The molecule has 0 bridgehead atoms. The normalized spacial score (nSPS) is 22.9. The van der Waals surface area contributed by atoms with Gasteiger partial charge in [-0.15, -0.1) is 11.6 Å². The van der Waals surface area contributed by atoms with E-state index in [0.717, 1.165) is 30.2 Å². The fourth-order valence-corrected chi connectivity index (χ4v) is 3.35. The Bertz CT molecular complexity index is 607. The van der Waals surface area contributed by atoms with Crippen molar-refractivity contribution in [3.05, 3.63) is 36.1 Å². The number of furan rings is 1. The molecular formula is C16H18ClNO2. The van der Waals surface area contributed by atoms with E-state index >= 15 is 0 Å². The van der Waals surface area contributed by atoms with Crippen LogP contribution in [0, 0.1) is 5.92 Å². The average Bonchev–Trinajstić information content (AvgIpc) is 2.92. The molecule has 1 fully saturated rings. The molecule has 4 heteroatoms. The van der Waals surface area contributed by atoms with Crippen molar-refractivity contribution in [3.8, 4) is 0 Å². The first-order valence-corrected chi connectivity index (χ1v) is 7.66. The van der Waals surface area contributed by atoms with E-state index in [9.17, 15) is 4.79 Å². The van der Waals surface area contributed by atoms with Gasteiger partial charge >= 0.3 is 0 Å². The second-order valence-electron chi connectivity index (χ2n) is 5.42. The molecule has 1 aromatic heterocycles. The van der Waals surface area contributed by atoms with Crippen LogP contribution >= 0.6 is 11.6 Å². The van der Waals surface area contributed by atoms with Crippen LogP contribution < -0.4 is 5.32 Å². The first kappa shape index (κ1) is 13.5. The lowest BCUT2D eigenvalue weighted by atomic mass is 9.85. The number of carbonyl (C=O) groups is 1. The summed E-state index contributed by atoms with van der Waals surface area (Å²) in [5, 5.41) is 4.00. The number of benzene rings is 1. The second kappa shape index (κ2) is 5.88. The predicted octanol–water partition coefficient (Wildman–Crippen LogP) is 3.96. The van der Waals surface area contributed by atoms with Crippen molar-refractivity contribution in [2.75, 3.05) is 5.88 Å². The quantitative estimate of drug-likeness (QED) is 0.870. The number of para-hydroxylation sites is 1. The third-order valence-electron chi connectivity index (χ3n) is 4.15. The summed E-state index contributed by atoms with van der Waals surface area (Å²) in [7, 11) is 0. The Morgan fingerprint density at radius 3 is 2.95 bits per heavy atom. The zero-order valence-corrected chi connectivity index (χ0v) is 12.0. The Labute approximate surface area is 123 Å². The first-order chi connectivity index (χ1) is 9.79. The Morgan fingerprint density at radius 1 is 1.30 bits per heavy atom. The monoisotopic (exact) mass is 291 g/mol. The fourth-order valence-electron chi connectivity index (χ4n) is 2.98. The molecule has 0 saturated heterocycles. The maximum Gasteiger partial charge on any atom is 0.255 e. The van der Waals surface area contributed by atoms with E-state index in [-0.39, 0.29) is 11.9 Å². The highest BCUT2D eigenvalue weighted by Crippen LogP contribution is 2.26. The smallest absolute Gasteiger partial charge is 0.255 e. The minimum absolute atomic E-state index is 0.0584. The van der Waals surface area contributed by atoms with Gasteiger partial charge in [0.1, 0.15) is 11.8 Å². The van der Waals surface area contributed by atoms with Gasteiger partial charge in [-0.2, -0.15) is 0 Å². The van der Waals surface area contributed by atoms with Gasteiger partial charge in [0.15, 0.2) is 0 Å². The van der Waals surface area contributed by atoms with Gasteiger partial charge < -0.3 is 9.73 Å². The average molecular weight is 292 g/mol. The van der Waals surface area contributed by atoms with Gasteiger partial charge in [-0.25, -0.2) is 0 Å². The molecule has 3 nitrogen and oxygen atoms in total. The molecule has 1 N–H and O–H groups in total. The Kier molecular flexibility index (Phi) is 3.97. The summed E-state index contributed by atoms with van der Waals surface area (Å²) in [4.78, 5) is 12.4. The topological polar surface area (TPSA) is 42.2 Å². The number of fused-ring (bicyclic) bond motifs is 1. The van der Waals surface area contributed by atoms with Crippen LogP contribution in [0.15, 0.2) is 34.9 Å². The van der Waals surface area contributed by atoms with Gasteiger partial charge in [-0.1, -0.05) is 31.0 Å². The van der Waals surface area contributed by atoms with Crippen LogP contribution in [0.3, 0.4) is 0 Å². The lowest BCUT2D eigenvalue weighted by molar-refractivity contribution is 0.0912. The van der Waals surface area contributed by atoms with E-state index < -0.39 is 0 Å². The van der Waals surface area contributed by atoms with Crippen molar-refractivity contribution in [2.45, 2.75) is 31.7 Å². The van der Waals surface area contributed by atoms with Crippen molar-refractivity contribution < 1.29 is 9.21 Å². The first-order valence-electron chi connectivity index (χ1n) is 7.12. The number of amides is 1. The molecular weight excluding hydrogens is 274 g/mol. The van der Waals surface area contributed by atoms with Crippen molar-refractivity contribution in [1.29, 1.82) is 0 Å². The zero-order chi connectivity index (χ0) is 13.9. The van der Waals surface area contributed by atoms with Crippen LogP contribution in [-0.4, -0.2) is 17.8 Å². The number of carbonyl (C=O) groups excluding carboxylic acids is 1. The molecule has 1 aromatic carbocycles. The van der Waals surface area contributed by atoms with Crippen molar-refractivity contribution in [1.82, 2.24) is 5.32 Å². The van der Waals surface area contributed by atoms with E-state index in [1.807, 2.05) is 24.3 Å². The number of hydrogen-bond donors (Lipinski definition) is 1. The highest BCUT2D eigenvalue weighted by Gasteiger charge is 2.26. The molecule has 1 aliphatic rings. The van der Waals surface area contributed by atoms with E-state index in [1.165, 1.54) is 6.42 Å². The Balaban J connectivity index is 1.78. The molecule has 1 saturated carbocycles. The van der Waals surface area contributed by atoms with Gasteiger partial charge in [-0.05, 0) is 24.8 Å². The third kappa shape index (κ3) is 2.55. The Morgan fingerprint density at radius 2 is 2.10 bits per heavy atom. The van der Waals surface area contributed by atoms with Crippen LogP contribution in [0.2, 0.25) is 0 Å². The maximum atomic E-state index is 12.4. The highest BCUT2D eigenvalue weighted by molar-refractivity contribution is 6.18.